The number of benzene rings is 1. The number of fused-ring (bicyclic) bond motifs is 2. The molecule has 0 saturated heterocycles. The van der Waals surface area contributed by atoms with Gasteiger partial charge in [-0.1, -0.05) is 0 Å². The molecule has 3 aromatic rings. The SMILES string of the molecule is Cc1ncc2c(c1CNC(=O)c1ccc3[nH]c(=O)c(=O)[nH]c3c1)CCNC2. The Morgan fingerprint density at radius 3 is 2.78 bits per heavy atom. The fraction of sp³-hybridized carbons (Fsp3) is 0.263. The first kappa shape index (κ1) is 17.2. The Hall–Kier alpha value is -3.26. The Kier molecular flexibility index (Phi) is 4.33. The Morgan fingerprint density at radius 2 is 1.96 bits per heavy atom. The van der Waals surface area contributed by atoms with E-state index >= 15 is 0 Å². The summed E-state index contributed by atoms with van der Waals surface area (Å²) in [4.78, 5) is 44.8. The van der Waals surface area contributed by atoms with Crippen LogP contribution in [0.25, 0.3) is 11.0 Å². The highest BCUT2D eigenvalue weighted by molar-refractivity contribution is 5.97. The monoisotopic (exact) mass is 365 g/mol. The highest BCUT2D eigenvalue weighted by Crippen LogP contribution is 2.20. The number of H-pyrrole nitrogens is 2. The van der Waals surface area contributed by atoms with Crippen LogP contribution in [0.5, 0.6) is 0 Å². The summed E-state index contributed by atoms with van der Waals surface area (Å²) in [5.74, 6) is -0.255. The highest BCUT2D eigenvalue weighted by Gasteiger charge is 2.16. The maximum absolute atomic E-state index is 12.6. The van der Waals surface area contributed by atoms with Gasteiger partial charge in [0.05, 0.1) is 11.0 Å². The molecule has 3 heterocycles. The number of hydrogen-bond acceptors (Lipinski definition) is 5. The van der Waals surface area contributed by atoms with Crippen molar-refractivity contribution in [2.75, 3.05) is 6.54 Å². The number of aromatic amines is 2. The summed E-state index contributed by atoms with van der Waals surface area (Å²) in [6, 6.07) is 4.77. The Morgan fingerprint density at radius 1 is 1.19 bits per heavy atom. The molecule has 8 nitrogen and oxygen atoms in total. The van der Waals surface area contributed by atoms with Gasteiger partial charge in [-0.05, 0) is 54.8 Å². The first-order valence-electron chi connectivity index (χ1n) is 8.74. The molecule has 0 aliphatic carbocycles. The molecule has 2 aromatic heterocycles. The van der Waals surface area contributed by atoms with E-state index in [-0.39, 0.29) is 5.91 Å². The molecule has 0 bridgehead atoms. The van der Waals surface area contributed by atoms with Crippen LogP contribution in [0.4, 0.5) is 0 Å². The molecular weight excluding hydrogens is 346 g/mol. The van der Waals surface area contributed by atoms with Crippen LogP contribution in [0.3, 0.4) is 0 Å². The lowest BCUT2D eigenvalue weighted by Gasteiger charge is -2.21. The van der Waals surface area contributed by atoms with Crippen molar-refractivity contribution in [3.05, 3.63) is 73.1 Å². The summed E-state index contributed by atoms with van der Waals surface area (Å²) in [5.41, 5.74) is 4.22. The zero-order valence-corrected chi connectivity index (χ0v) is 14.8. The molecule has 0 atom stereocenters. The molecular formula is C19H19N5O3. The zero-order chi connectivity index (χ0) is 19.0. The zero-order valence-electron chi connectivity index (χ0n) is 14.8. The van der Waals surface area contributed by atoms with E-state index in [4.69, 9.17) is 0 Å². The number of carbonyl (C=O) groups excluding carboxylic acids is 1. The minimum Gasteiger partial charge on any atom is -0.348 e. The predicted molar refractivity (Wildman–Crippen MR) is 101 cm³/mol. The molecule has 0 saturated carbocycles. The summed E-state index contributed by atoms with van der Waals surface area (Å²) < 4.78 is 0. The van der Waals surface area contributed by atoms with Crippen molar-refractivity contribution in [3.63, 3.8) is 0 Å². The number of aromatic nitrogens is 3. The molecule has 4 N–H and O–H groups in total. The largest absolute Gasteiger partial charge is 0.348 e. The quantitative estimate of drug-likeness (QED) is 0.504. The topological polar surface area (TPSA) is 120 Å². The minimum absolute atomic E-state index is 0.255. The molecule has 8 heteroatoms. The van der Waals surface area contributed by atoms with Crippen LogP contribution in [-0.2, 0) is 19.5 Å². The lowest BCUT2D eigenvalue weighted by Crippen LogP contribution is -2.30. The summed E-state index contributed by atoms with van der Waals surface area (Å²) in [7, 11) is 0. The number of pyridine rings is 1. The highest BCUT2D eigenvalue weighted by atomic mass is 16.2. The predicted octanol–water partition coefficient (Wildman–Crippen LogP) is 0.496. The normalized spacial score (nSPS) is 13.4. The van der Waals surface area contributed by atoms with Gasteiger partial charge < -0.3 is 20.6 Å². The maximum atomic E-state index is 12.6. The number of nitrogens with zero attached hydrogens (tertiary/aromatic N) is 1. The van der Waals surface area contributed by atoms with Crippen molar-refractivity contribution >= 4 is 16.9 Å². The minimum atomic E-state index is -0.744. The smallest absolute Gasteiger partial charge is 0.314 e. The van der Waals surface area contributed by atoms with Crippen LogP contribution in [-0.4, -0.2) is 27.4 Å². The molecule has 1 aromatic carbocycles. The molecule has 1 aliphatic rings. The van der Waals surface area contributed by atoms with Gasteiger partial charge in [0.1, 0.15) is 0 Å². The van der Waals surface area contributed by atoms with Crippen molar-refractivity contribution < 1.29 is 4.79 Å². The maximum Gasteiger partial charge on any atom is 0.314 e. The first-order chi connectivity index (χ1) is 13.0. The molecule has 1 amide bonds. The van der Waals surface area contributed by atoms with Gasteiger partial charge in [-0.15, -0.1) is 0 Å². The number of hydrogen-bond donors (Lipinski definition) is 4. The second-order valence-corrected chi connectivity index (χ2v) is 6.60. The van der Waals surface area contributed by atoms with Crippen LogP contribution in [0.1, 0.15) is 32.7 Å². The third-order valence-electron chi connectivity index (χ3n) is 4.88. The van der Waals surface area contributed by atoms with E-state index in [1.54, 1.807) is 18.2 Å². The summed E-state index contributed by atoms with van der Waals surface area (Å²) >= 11 is 0. The molecule has 138 valence electrons. The van der Waals surface area contributed by atoms with Gasteiger partial charge in [0.2, 0.25) is 0 Å². The van der Waals surface area contributed by atoms with E-state index in [2.05, 4.69) is 25.6 Å². The fourth-order valence-corrected chi connectivity index (χ4v) is 3.40. The van der Waals surface area contributed by atoms with Crippen LogP contribution in [0, 0.1) is 6.92 Å². The van der Waals surface area contributed by atoms with E-state index in [0.717, 1.165) is 30.8 Å². The fourth-order valence-electron chi connectivity index (χ4n) is 3.40. The third kappa shape index (κ3) is 3.26. The molecule has 27 heavy (non-hydrogen) atoms. The molecule has 0 fully saturated rings. The summed E-state index contributed by atoms with van der Waals surface area (Å²) in [6.45, 7) is 4.04. The van der Waals surface area contributed by atoms with Gasteiger partial charge in [-0.25, -0.2) is 0 Å². The van der Waals surface area contributed by atoms with Crippen LogP contribution >= 0.6 is 0 Å². The van der Waals surface area contributed by atoms with Crippen LogP contribution < -0.4 is 21.8 Å². The lowest BCUT2D eigenvalue weighted by molar-refractivity contribution is 0.0951. The van der Waals surface area contributed by atoms with E-state index in [1.807, 2.05) is 13.1 Å². The average molecular weight is 365 g/mol. The third-order valence-corrected chi connectivity index (χ3v) is 4.88. The summed E-state index contributed by atoms with van der Waals surface area (Å²) in [6.07, 6.45) is 2.80. The van der Waals surface area contributed by atoms with Crippen LogP contribution in [0.15, 0.2) is 34.0 Å². The average Bonchev–Trinajstić information content (AvgIpc) is 2.67. The van der Waals surface area contributed by atoms with Crippen molar-refractivity contribution in [3.8, 4) is 0 Å². The number of rotatable bonds is 3. The van der Waals surface area contributed by atoms with Gasteiger partial charge >= 0.3 is 11.1 Å². The molecule has 1 aliphatic heterocycles. The van der Waals surface area contributed by atoms with Crippen molar-refractivity contribution in [2.24, 2.45) is 0 Å². The summed E-state index contributed by atoms with van der Waals surface area (Å²) in [5, 5.41) is 6.26. The van der Waals surface area contributed by atoms with Crippen molar-refractivity contribution in [1.82, 2.24) is 25.6 Å². The molecule has 0 radical (unpaired) electrons. The van der Waals surface area contributed by atoms with Crippen LogP contribution in [0.2, 0.25) is 0 Å². The van der Waals surface area contributed by atoms with E-state index in [0.29, 0.717) is 23.1 Å². The molecule has 4 rings (SSSR count). The van der Waals surface area contributed by atoms with Gasteiger partial charge in [-0.2, -0.15) is 0 Å². The molecule has 0 spiro atoms. The Balaban J connectivity index is 1.58. The van der Waals surface area contributed by atoms with Crippen molar-refractivity contribution in [2.45, 2.75) is 26.4 Å². The second-order valence-electron chi connectivity index (χ2n) is 6.60. The Bertz CT molecular complexity index is 1160. The van der Waals surface area contributed by atoms with Crippen molar-refractivity contribution in [1.29, 1.82) is 0 Å². The van der Waals surface area contributed by atoms with E-state index < -0.39 is 11.1 Å². The van der Waals surface area contributed by atoms with E-state index in [9.17, 15) is 14.4 Å². The van der Waals surface area contributed by atoms with Gasteiger partial charge in [-0.3, -0.25) is 19.4 Å². The van der Waals surface area contributed by atoms with E-state index in [1.165, 1.54) is 11.1 Å². The van der Waals surface area contributed by atoms with Gasteiger partial charge in [0.15, 0.2) is 0 Å². The number of aryl methyl sites for hydroxylation is 1. The number of carbonyl (C=O) groups is 1. The molecule has 0 unspecified atom stereocenters. The number of amides is 1. The number of nitrogens with one attached hydrogen (secondary N) is 4. The standard InChI is InChI=1S/C19H19N5O3/c1-10-14(13-4-5-20-7-12(13)8-21-10)9-22-17(25)11-2-3-15-16(6-11)24-19(27)18(26)23-15/h2-3,6,8,20H,4-5,7,9H2,1H3,(H,22,25)(H,23,26)(H,24,27). The lowest BCUT2D eigenvalue weighted by atomic mass is 9.96. The van der Waals surface area contributed by atoms with Gasteiger partial charge in [0.25, 0.3) is 5.91 Å². The Labute approximate surface area is 154 Å². The first-order valence-corrected chi connectivity index (χ1v) is 8.74. The second kappa shape index (κ2) is 6.81. The van der Waals surface area contributed by atoms with Gasteiger partial charge in [0, 0.05) is 30.5 Å².